The molecule has 0 aliphatic carbocycles. The zero-order valence-corrected chi connectivity index (χ0v) is 9.58. The maximum absolute atomic E-state index is 8.36. The normalized spacial score (nSPS) is 22.0. The van der Waals surface area contributed by atoms with Crippen LogP contribution in [0.25, 0.3) is 0 Å². The lowest BCUT2D eigenvalue weighted by molar-refractivity contribution is -0.742. The first-order valence-corrected chi connectivity index (χ1v) is 5.83. The van der Waals surface area contributed by atoms with Gasteiger partial charge >= 0.3 is 0 Å². The highest BCUT2D eigenvalue weighted by molar-refractivity contribution is 5.33. The molecule has 1 atom stereocenters. The summed E-state index contributed by atoms with van der Waals surface area (Å²) < 4.78 is 0. The van der Waals surface area contributed by atoms with Crippen LogP contribution in [-0.2, 0) is 6.42 Å². The van der Waals surface area contributed by atoms with Crippen molar-refractivity contribution in [1.82, 2.24) is 4.90 Å². The van der Waals surface area contributed by atoms with Gasteiger partial charge in [0.2, 0.25) is 0 Å². The second-order valence-corrected chi connectivity index (χ2v) is 4.38. The second kappa shape index (κ2) is 5.14. The number of nitrogens with zero attached hydrogens (tertiary/aromatic N) is 2. The summed E-state index contributed by atoms with van der Waals surface area (Å²) in [6, 6.07) is 9.72. The van der Waals surface area contributed by atoms with Crippen molar-refractivity contribution in [3.63, 3.8) is 0 Å². The molecule has 1 unspecified atom stereocenters. The summed E-state index contributed by atoms with van der Waals surface area (Å²) in [6.45, 7) is 2.60. The average Bonchev–Trinajstić information content (AvgIpc) is 2.76. The van der Waals surface area contributed by atoms with E-state index >= 15 is 0 Å². The maximum atomic E-state index is 8.36. The van der Waals surface area contributed by atoms with Gasteiger partial charge < -0.3 is 5.21 Å². The van der Waals surface area contributed by atoms with Crippen LogP contribution in [0.1, 0.15) is 30.0 Å². The fourth-order valence-corrected chi connectivity index (χ4v) is 2.80. The lowest BCUT2D eigenvalue weighted by Gasteiger charge is -2.31. The minimum atomic E-state index is -1.50. The van der Waals surface area contributed by atoms with Crippen molar-refractivity contribution in [3.05, 3.63) is 45.5 Å². The van der Waals surface area contributed by atoms with Gasteiger partial charge in [-0.3, -0.25) is 4.90 Å². The van der Waals surface area contributed by atoms with Gasteiger partial charge in [0.05, 0.1) is 0 Å². The Morgan fingerprint density at radius 3 is 2.82 bits per heavy atom. The maximum Gasteiger partial charge on any atom is 0.291 e. The summed E-state index contributed by atoms with van der Waals surface area (Å²) in [6.07, 6.45) is 4.02. The minimum absolute atomic E-state index is 0.755. The van der Waals surface area contributed by atoms with E-state index in [9.17, 15) is 0 Å². The minimum Gasteiger partial charge on any atom is -0.328 e. The highest BCUT2D eigenvalue weighted by Crippen LogP contribution is 2.36. The molecule has 0 aromatic heterocycles. The van der Waals surface area contributed by atoms with Crippen LogP contribution < -0.4 is 0 Å². The van der Waals surface area contributed by atoms with Crippen LogP contribution in [0.2, 0.25) is 0 Å². The number of rotatable bonds is 0. The third-order valence-corrected chi connectivity index (χ3v) is 3.45. The summed E-state index contributed by atoms with van der Waals surface area (Å²) in [4.78, 5) is 11.0. The van der Waals surface area contributed by atoms with E-state index in [0.29, 0.717) is 0 Å². The van der Waals surface area contributed by atoms with Crippen molar-refractivity contribution in [2.24, 2.45) is 0 Å². The van der Waals surface area contributed by atoms with Crippen LogP contribution in [0.5, 0.6) is 0 Å². The molecule has 0 spiro atoms. The van der Waals surface area contributed by atoms with Crippen LogP contribution >= 0.6 is 0 Å². The van der Waals surface area contributed by atoms with Gasteiger partial charge in [-0.15, -0.1) is 10.1 Å². The Kier molecular flexibility index (Phi) is 3.58. The fraction of sp³-hybridized carbons (Fsp3) is 0.500. The van der Waals surface area contributed by atoms with Crippen molar-refractivity contribution < 1.29 is 10.3 Å². The predicted octanol–water partition coefficient (Wildman–Crippen LogP) is 2.03. The van der Waals surface area contributed by atoms with Gasteiger partial charge in [0.1, 0.15) is 0 Å². The zero-order chi connectivity index (χ0) is 12.3. The number of fused-ring (bicyclic) bond motifs is 3. The molecule has 2 heterocycles. The number of hydrogen-bond donors (Lipinski definition) is 1. The third kappa shape index (κ3) is 2.74. The SMILES string of the molecule is O=[N+]([O-])O.c1ccc2c(c1)CCN1CCCC21. The lowest BCUT2D eigenvalue weighted by atomic mass is 9.93. The molecular weight excluding hydrogens is 220 g/mol. The van der Waals surface area contributed by atoms with Crippen LogP contribution in [-0.4, -0.2) is 28.3 Å². The largest absolute Gasteiger partial charge is 0.328 e. The van der Waals surface area contributed by atoms with Crippen LogP contribution in [0.4, 0.5) is 0 Å². The smallest absolute Gasteiger partial charge is 0.291 e. The Morgan fingerprint density at radius 1 is 1.35 bits per heavy atom. The molecule has 2 aliphatic heterocycles. The van der Waals surface area contributed by atoms with Gasteiger partial charge in [0, 0.05) is 12.6 Å². The Balaban J connectivity index is 0.000000239. The van der Waals surface area contributed by atoms with Crippen molar-refractivity contribution in [3.8, 4) is 0 Å². The Hall–Kier alpha value is -1.62. The Bertz CT molecular complexity index is 404. The Morgan fingerprint density at radius 2 is 2.06 bits per heavy atom. The van der Waals surface area contributed by atoms with E-state index < -0.39 is 5.09 Å². The topological polar surface area (TPSA) is 66.6 Å². The van der Waals surface area contributed by atoms with E-state index in [4.69, 9.17) is 15.3 Å². The van der Waals surface area contributed by atoms with E-state index in [1.165, 1.54) is 32.4 Å². The molecule has 5 nitrogen and oxygen atoms in total. The first kappa shape index (κ1) is 11.9. The Labute approximate surface area is 99.8 Å². The van der Waals surface area contributed by atoms with Gasteiger partial charge in [-0.2, -0.15) is 0 Å². The van der Waals surface area contributed by atoms with Gasteiger partial charge in [0.25, 0.3) is 5.09 Å². The monoisotopic (exact) mass is 236 g/mol. The molecule has 0 amide bonds. The summed E-state index contributed by atoms with van der Waals surface area (Å²) >= 11 is 0. The molecular formula is C12H16N2O3. The lowest BCUT2D eigenvalue weighted by Crippen LogP contribution is -2.30. The molecule has 1 fully saturated rings. The molecule has 2 aliphatic rings. The quantitative estimate of drug-likeness (QED) is 0.553. The molecule has 0 radical (unpaired) electrons. The molecule has 0 bridgehead atoms. The van der Waals surface area contributed by atoms with Crippen LogP contribution in [0.15, 0.2) is 24.3 Å². The summed E-state index contributed by atoms with van der Waals surface area (Å²) in [5, 5.41) is 13.6. The second-order valence-electron chi connectivity index (χ2n) is 4.38. The van der Waals surface area contributed by atoms with Crippen molar-refractivity contribution >= 4 is 0 Å². The van der Waals surface area contributed by atoms with E-state index in [0.717, 1.165) is 6.04 Å². The fourth-order valence-electron chi connectivity index (χ4n) is 2.80. The predicted molar refractivity (Wildman–Crippen MR) is 62.5 cm³/mol. The van der Waals surface area contributed by atoms with Gasteiger partial charge in [-0.25, -0.2) is 0 Å². The average molecular weight is 236 g/mol. The van der Waals surface area contributed by atoms with Crippen molar-refractivity contribution in [1.29, 1.82) is 0 Å². The third-order valence-electron chi connectivity index (χ3n) is 3.45. The standard InChI is InChI=1S/C12H15N.HNO3/c1-2-5-11-10(4-1)7-9-13-8-3-6-12(11)13;2-1(3)4/h1-2,4-5,12H,3,6-9H2;(H,2,3,4). The summed E-state index contributed by atoms with van der Waals surface area (Å²) in [5.41, 5.74) is 3.19. The first-order valence-electron chi connectivity index (χ1n) is 5.83. The van der Waals surface area contributed by atoms with Crippen LogP contribution in [0.3, 0.4) is 0 Å². The first-order chi connectivity index (χ1) is 8.18. The summed E-state index contributed by atoms with van der Waals surface area (Å²) in [7, 11) is 0. The van der Waals surface area contributed by atoms with Gasteiger partial charge in [-0.1, -0.05) is 24.3 Å². The van der Waals surface area contributed by atoms with Crippen molar-refractivity contribution in [2.45, 2.75) is 25.3 Å². The molecule has 5 heteroatoms. The molecule has 3 rings (SSSR count). The van der Waals surface area contributed by atoms with E-state index in [1.807, 2.05) is 0 Å². The molecule has 1 aromatic rings. The molecule has 1 N–H and O–H groups in total. The number of benzene rings is 1. The van der Waals surface area contributed by atoms with Crippen molar-refractivity contribution in [2.75, 3.05) is 13.1 Å². The zero-order valence-electron chi connectivity index (χ0n) is 9.58. The molecule has 17 heavy (non-hydrogen) atoms. The molecule has 92 valence electrons. The van der Waals surface area contributed by atoms with E-state index in [1.54, 1.807) is 11.1 Å². The van der Waals surface area contributed by atoms with Gasteiger partial charge in [-0.05, 0) is 36.9 Å². The van der Waals surface area contributed by atoms with Gasteiger partial charge in [0.15, 0.2) is 0 Å². The van der Waals surface area contributed by atoms with E-state index in [2.05, 4.69) is 29.2 Å². The van der Waals surface area contributed by atoms with E-state index in [-0.39, 0.29) is 0 Å². The highest BCUT2D eigenvalue weighted by atomic mass is 16.9. The molecule has 1 saturated heterocycles. The summed E-state index contributed by atoms with van der Waals surface area (Å²) in [5.74, 6) is 0. The number of hydrogen-bond acceptors (Lipinski definition) is 3. The highest BCUT2D eigenvalue weighted by Gasteiger charge is 2.30. The molecule has 1 aromatic carbocycles. The molecule has 0 saturated carbocycles. The van der Waals surface area contributed by atoms with Crippen LogP contribution in [0, 0.1) is 10.1 Å².